The Bertz CT molecular complexity index is 741. The Labute approximate surface area is 147 Å². The quantitative estimate of drug-likeness (QED) is 0.872. The van der Waals surface area contributed by atoms with Gasteiger partial charge in [0, 0.05) is 6.54 Å². The molecule has 23 heavy (non-hydrogen) atoms. The van der Waals surface area contributed by atoms with E-state index in [0.717, 1.165) is 22.7 Å². The number of nitrogens with one attached hydrogen (secondary N) is 2. The summed E-state index contributed by atoms with van der Waals surface area (Å²) in [5.41, 5.74) is 0.668. The maximum absolute atomic E-state index is 12.5. The third-order valence-electron chi connectivity index (χ3n) is 3.63. The number of carbonyl (C=O) groups is 2. The lowest BCUT2D eigenvalue weighted by atomic mass is 10.1. The van der Waals surface area contributed by atoms with Crippen LogP contribution in [0.1, 0.15) is 34.6 Å². The zero-order valence-electron chi connectivity index (χ0n) is 12.5. The number of rotatable bonds is 3. The molecule has 0 aliphatic carbocycles. The summed E-state index contributed by atoms with van der Waals surface area (Å²) >= 11 is 8.71. The third-order valence-corrected chi connectivity index (χ3v) is 6.18. The molecule has 1 saturated heterocycles. The first-order chi connectivity index (χ1) is 11.0. The molecule has 122 valence electrons. The van der Waals surface area contributed by atoms with E-state index >= 15 is 0 Å². The molecule has 2 aromatic heterocycles. The summed E-state index contributed by atoms with van der Waals surface area (Å²) in [4.78, 5) is 30.4. The Morgan fingerprint density at radius 3 is 2.96 bits per heavy atom. The van der Waals surface area contributed by atoms with Gasteiger partial charge in [-0.25, -0.2) is 4.98 Å². The van der Waals surface area contributed by atoms with Gasteiger partial charge in [-0.05, 0) is 38.3 Å². The lowest BCUT2D eigenvalue weighted by Crippen LogP contribution is -2.45. The molecule has 3 rings (SSSR count). The normalized spacial score (nSPS) is 18.3. The van der Waals surface area contributed by atoms with E-state index in [0.29, 0.717) is 27.9 Å². The van der Waals surface area contributed by atoms with Gasteiger partial charge in [0.2, 0.25) is 5.91 Å². The van der Waals surface area contributed by atoms with Crippen molar-refractivity contribution in [3.63, 3.8) is 0 Å². The van der Waals surface area contributed by atoms with Gasteiger partial charge < -0.3 is 10.6 Å². The van der Waals surface area contributed by atoms with Crippen molar-refractivity contribution in [2.75, 3.05) is 6.54 Å². The van der Waals surface area contributed by atoms with Crippen LogP contribution in [0.25, 0.3) is 9.88 Å². The zero-order valence-corrected chi connectivity index (χ0v) is 14.9. The van der Waals surface area contributed by atoms with Crippen LogP contribution in [-0.4, -0.2) is 29.4 Å². The number of aromatic nitrogens is 1. The summed E-state index contributed by atoms with van der Waals surface area (Å²) in [6.45, 7) is 2.48. The summed E-state index contributed by atoms with van der Waals surface area (Å²) in [5.74, 6) is -0.348. The highest BCUT2D eigenvalue weighted by Gasteiger charge is 2.25. The maximum Gasteiger partial charge on any atom is 0.263 e. The Hall–Kier alpha value is -1.44. The average Bonchev–Trinajstić information content (AvgIpc) is 3.05. The summed E-state index contributed by atoms with van der Waals surface area (Å²) in [6.07, 6.45) is 2.54. The van der Waals surface area contributed by atoms with E-state index in [1.165, 1.54) is 22.7 Å². The SMILES string of the molecule is Cc1nc(-c2ccc(Cl)s2)sc1C(=O)NC1CCCCNC1=O. The van der Waals surface area contributed by atoms with Crippen LogP contribution in [0.15, 0.2) is 12.1 Å². The number of thiophene rings is 1. The van der Waals surface area contributed by atoms with Crippen molar-refractivity contribution < 1.29 is 9.59 Å². The Morgan fingerprint density at radius 1 is 1.39 bits per heavy atom. The van der Waals surface area contributed by atoms with Crippen molar-refractivity contribution in [2.45, 2.75) is 32.2 Å². The van der Waals surface area contributed by atoms with Crippen LogP contribution in [0.5, 0.6) is 0 Å². The lowest BCUT2D eigenvalue weighted by molar-refractivity contribution is -0.122. The van der Waals surface area contributed by atoms with Crippen molar-refractivity contribution in [3.05, 3.63) is 27.0 Å². The molecule has 5 nitrogen and oxygen atoms in total. The van der Waals surface area contributed by atoms with E-state index in [2.05, 4.69) is 15.6 Å². The Balaban J connectivity index is 1.77. The summed E-state index contributed by atoms with van der Waals surface area (Å²) in [7, 11) is 0. The lowest BCUT2D eigenvalue weighted by Gasteiger charge is -2.14. The number of nitrogens with zero attached hydrogens (tertiary/aromatic N) is 1. The molecule has 2 amide bonds. The first kappa shape index (κ1) is 16.4. The highest BCUT2D eigenvalue weighted by molar-refractivity contribution is 7.24. The predicted octanol–water partition coefficient (Wildman–Crippen LogP) is 3.23. The van der Waals surface area contributed by atoms with E-state index in [9.17, 15) is 9.59 Å². The van der Waals surface area contributed by atoms with E-state index in [4.69, 9.17) is 11.6 Å². The van der Waals surface area contributed by atoms with Gasteiger partial charge in [0.1, 0.15) is 15.9 Å². The molecule has 1 fully saturated rings. The minimum atomic E-state index is -0.467. The van der Waals surface area contributed by atoms with E-state index in [1.54, 1.807) is 6.92 Å². The number of halogens is 1. The average molecular weight is 370 g/mol. The number of thiazole rings is 1. The topological polar surface area (TPSA) is 71.1 Å². The molecule has 0 spiro atoms. The van der Waals surface area contributed by atoms with E-state index in [1.807, 2.05) is 12.1 Å². The fourth-order valence-corrected chi connectivity index (χ4v) is 4.51. The zero-order chi connectivity index (χ0) is 16.4. The number of carbonyl (C=O) groups excluding carboxylic acids is 2. The van der Waals surface area contributed by atoms with Crippen LogP contribution < -0.4 is 10.6 Å². The minimum absolute atomic E-state index is 0.108. The monoisotopic (exact) mass is 369 g/mol. The number of aryl methyl sites for hydroxylation is 1. The molecule has 1 aliphatic heterocycles. The smallest absolute Gasteiger partial charge is 0.263 e. The third kappa shape index (κ3) is 3.73. The molecular weight excluding hydrogens is 354 g/mol. The van der Waals surface area contributed by atoms with Gasteiger partial charge >= 0.3 is 0 Å². The van der Waals surface area contributed by atoms with Gasteiger partial charge in [-0.15, -0.1) is 22.7 Å². The summed E-state index contributed by atoms with van der Waals surface area (Å²) in [6, 6.07) is 3.24. The minimum Gasteiger partial charge on any atom is -0.354 e. The van der Waals surface area contributed by atoms with E-state index < -0.39 is 6.04 Å². The molecule has 1 atom stereocenters. The van der Waals surface area contributed by atoms with Crippen molar-refractivity contribution in [1.82, 2.24) is 15.6 Å². The van der Waals surface area contributed by atoms with Crippen LogP contribution >= 0.6 is 34.3 Å². The molecule has 0 saturated carbocycles. The van der Waals surface area contributed by atoms with Crippen LogP contribution in [0.3, 0.4) is 0 Å². The molecule has 0 bridgehead atoms. The fraction of sp³-hybridized carbons (Fsp3) is 0.400. The van der Waals surface area contributed by atoms with Crippen LogP contribution in [0.4, 0.5) is 0 Å². The molecule has 0 radical (unpaired) electrons. The molecule has 2 N–H and O–H groups in total. The Kier molecular flexibility index (Phi) is 4.99. The second-order valence-corrected chi connectivity index (χ2v) is 8.06. The van der Waals surface area contributed by atoms with E-state index in [-0.39, 0.29) is 11.8 Å². The van der Waals surface area contributed by atoms with Crippen molar-refractivity contribution >= 4 is 46.1 Å². The van der Waals surface area contributed by atoms with Crippen molar-refractivity contribution in [2.24, 2.45) is 0 Å². The van der Waals surface area contributed by atoms with Gasteiger partial charge in [-0.2, -0.15) is 0 Å². The molecule has 3 heterocycles. The highest BCUT2D eigenvalue weighted by Crippen LogP contribution is 2.34. The second kappa shape index (κ2) is 6.98. The molecule has 8 heteroatoms. The number of hydrogen-bond acceptors (Lipinski definition) is 5. The molecule has 1 aliphatic rings. The standard InChI is InChI=1S/C15H16ClN3O2S2/c1-8-12(23-15(18-8)10-5-6-11(16)22-10)14(21)19-9-4-2-3-7-17-13(9)20/h5-6,9H,2-4,7H2,1H3,(H,17,20)(H,19,21). The van der Waals surface area contributed by atoms with Crippen LogP contribution in [0.2, 0.25) is 4.34 Å². The first-order valence-corrected chi connectivity index (χ1v) is 9.37. The second-order valence-electron chi connectivity index (χ2n) is 5.35. The first-order valence-electron chi connectivity index (χ1n) is 7.36. The largest absolute Gasteiger partial charge is 0.354 e. The van der Waals surface area contributed by atoms with Gasteiger partial charge in [0.25, 0.3) is 5.91 Å². The fourth-order valence-electron chi connectivity index (χ4n) is 2.44. The van der Waals surface area contributed by atoms with Crippen LogP contribution in [0, 0.1) is 6.92 Å². The molecule has 1 unspecified atom stereocenters. The van der Waals surface area contributed by atoms with Crippen LogP contribution in [-0.2, 0) is 4.79 Å². The highest BCUT2D eigenvalue weighted by atomic mass is 35.5. The Morgan fingerprint density at radius 2 is 2.22 bits per heavy atom. The summed E-state index contributed by atoms with van der Waals surface area (Å²) < 4.78 is 0.689. The van der Waals surface area contributed by atoms with Gasteiger partial charge in [0.05, 0.1) is 14.9 Å². The molecule has 0 aromatic carbocycles. The summed E-state index contributed by atoms with van der Waals surface area (Å²) in [5, 5.41) is 6.43. The van der Waals surface area contributed by atoms with Gasteiger partial charge in [-0.3, -0.25) is 9.59 Å². The van der Waals surface area contributed by atoms with Crippen molar-refractivity contribution in [3.8, 4) is 9.88 Å². The van der Waals surface area contributed by atoms with Gasteiger partial charge in [0.15, 0.2) is 0 Å². The number of hydrogen-bond donors (Lipinski definition) is 2. The number of amides is 2. The predicted molar refractivity (Wildman–Crippen MR) is 93.3 cm³/mol. The molecular formula is C15H16ClN3O2S2. The maximum atomic E-state index is 12.5. The van der Waals surface area contributed by atoms with Crippen molar-refractivity contribution in [1.29, 1.82) is 0 Å². The van der Waals surface area contributed by atoms with Gasteiger partial charge in [-0.1, -0.05) is 11.6 Å². The molecule has 2 aromatic rings.